The number of urea groups is 1. The molecular weight excluding hydrogens is 607 g/mol. The van der Waals surface area contributed by atoms with Crippen LogP contribution in [0.1, 0.15) is 40.1 Å². The fourth-order valence-electron chi connectivity index (χ4n) is 5.47. The third-order valence-corrected chi connectivity index (χ3v) is 9.67. The van der Waals surface area contributed by atoms with Crippen LogP contribution in [0.2, 0.25) is 10.0 Å². The maximum atomic E-state index is 14.3. The largest absolute Gasteiger partial charge is 0.462 e. The maximum absolute atomic E-state index is 14.3. The van der Waals surface area contributed by atoms with Gasteiger partial charge in [-0.2, -0.15) is 9.57 Å². The van der Waals surface area contributed by atoms with Gasteiger partial charge in [0.2, 0.25) is 5.09 Å². The van der Waals surface area contributed by atoms with Crippen LogP contribution in [0, 0.1) is 18.3 Å². The molecule has 0 radical (unpaired) electrons. The van der Waals surface area contributed by atoms with Gasteiger partial charge in [-0.25, -0.2) is 22.9 Å². The summed E-state index contributed by atoms with van der Waals surface area (Å²) < 4.78 is 39.4. The van der Waals surface area contributed by atoms with Crippen LogP contribution in [0.15, 0.2) is 58.0 Å². The summed E-state index contributed by atoms with van der Waals surface area (Å²) in [5, 5.41) is 9.18. The minimum absolute atomic E-state index is 0.0405. The second-order valence-corrected chi connectivity index (χ2v) is 12.6. The molecule has 1 aromatic heterocycles. The van der Waals surface area contributed by atoms with E-state index in [1.54, 1.807) is 31.2 Å². The van der Waals surface area contributed by atoms with Gasteiger partial charge in [0.1, 0.15) is 16.9 Å². The monoisotopic (exact) mass is 630 g/mol. The van der Waals surface area contributed by atoms with Gasteiger partial charge in [-0.3, -0.25) is 4.79 Å². The Balaban J connectivity index is 1.62. The van der Waals surface area contributed by atoms with Crippen molar-refractivity contribution in [3.8, 4) is 6.07 Å². The summed E-state index contributed by atoms with van der Waals surface area (Å²) in [5.41, 5.74) is -0.689. The van der Waals surface area contributed by atoms with Gasteiger partial charge in [0, 0.05) is 42.2 Å². The quantitative estimate of drug-likeness (QED) is 0.285. The van der Waals surface area contributed by atoms with Crippen molar-refractivity contribution in [1.29, 1.82) is 5.26 Å². The number of likely N-dealkylation sites (N-methyl/N-ethyl adjacent to an activating group) is 1. The molecule has 14 heteroatoms. The van der Waals surface area contributed by atoms with Crippen LogP contribution in [0.5, 0.6) is 0 Å². The molecule has 3 aromatic rings. The minimum atomic E-state index is -4.41. The highest BCUT2D eigenvalue weighted by Gasteiger charge is 2.66. The molecule has 0 unspecified atom stereocenters. The number of rotatable bonds is 6. The highest BCUT2D eigenvalue weighted by atomic mass is 35.5. The predicted octanol–water partition coefficient (Wildman–Crippen LogP) is 4.57. The zero-order valence-corrected chi connectivity index (χ0v) is 25.0. The third-order valence-electron chi connectivity index (χ3n) is 7.56. The van der Waals surface area contributed by atoms with Crippen molar-refractivity contribution in [3.63, 3.8) is 0 Å². The number of imide groups is 1. The third kappa shape index (κ3) is 4.62. The molecule has 5 rings (SSSR count). The summed E-state index contributed by atoms with van der Waals surface area (Å²) in [6.45, 7) is 2.52. The van der Waals surface area contributed by atoms with Crippen molar-refractivity contribution >= 4 is 56.8 Å². The number of sulfonamides is 1. The van der Waals surface area contributed by atoms with Gasteiger partial charge in [-0.15, -0.1) is 0 Å². The molecule has 1 spiro atoms. The number of ether oxygens (including phenoxy) is 1. The van der Waals surface area contributed by atoms with Crippen LogP contribution in [0.25, 0.3) is 0 Å². The van der Waals surface area contributed by atoms with Crippen molar-refractivity contribution < 1.29 is 32.0 Å². The normalized spacial score (nSPS) is 20.9. The Labute approximate surface area is 251 Å². The fraction of sp³-hybridized carbons (Fsp3) is 0.286. The van der Waals surface area contributed by atoms with Crippen molar-refractivity contribution in [2.24, 2.45) is 0 Å². The number of benzene rings is 2. The highest BCUT2D eigenvalue weighted by molar-refractivity contribution is 7.89. The molecule has 218 valence electrons. The molecular formula is C28H24Cl2N4O7S. The maximum Gasteiger partial charge on any atom is 0.341 e. The fourth-order valence-corrected chi connectivity index (χ4v) is 7.45. The molecule has 0 aliphatic carbocycles. The van der Waals surface area contributed by atoms with E-state index in [4.69, 9.17) is 32.4 Å². The summed E-state index contributed by atoms with van der Waals surface area (Å²) in [5.74, 6) is -2.21. The summed E-state index contributed by atoms with van der Waals surface area (Å²) >= 11 is 12.3. The standard InChI is InChI=1S/C28H24Cl2N4O7S/c1-4-40-25(35)22-12-24(41-16(22)2)42(38,39)33-14-23(18-7-5-17(13-31)6-8-18)28(15-33)26(36)34(27(37)32(28)3)21-10-19(29)9-20(30)11-21/h5-12,23H,4,14-15H2,1-3H3/t23-,28+/m0/s1. The van der Waals surface area contributed by atoms with E-state index < -0.39 is 51.0 Å². The number of aryl methyl sites for hydroxylation is 1. The topological polar surface area (TPSA) is 141 Å². The van der Waals surface area contributed by atoms with Gasteiger partial charge in [0.25, 0.3) is 15.9 Å². The molecule has 0 saturated carbocycles. The molecule has 3 amide bonds. The number of halogens is 2. The van der Waals surface area contributed by atoms with E-state index in [-0.39, 0.29) is 40.2 Å². The Bertz CT molecular complexity index is 1750. The molecule has 2 aromatic carbocycles. The van der Waals surface area contributed by atoms with Gasteiger partial charge in [-0.1, -0.05) is 35.3 Å². The zero-order chi connectivity index (χ0) is 30.6. The molecule has 3 heterocycles. The second kappa shape index (κ2) is 10.7. The van der Waals surface area contributed by atoms with E-state index in [1.165, 1.54) is 37.1 Å². The van der Waals surface area contributed by atoms with Crippen LogP contribution in [-0.2, 0) is 19.6 Å². The average Bonchev–Trinajstić information content (AvgIpc) is 3.60. The minimum Gasteiger partial charge on any atom is -0.462 e. The lowest BCUT2D eigenvalue weighted by molar-refractivity contribution is -0.124. The number of furan rings is 1. The van der Waals surface area contributed by atoms with Crippen LogP contribution in [0.4, 0.5) is 10.5 Å². The van der Waals surface area contributed by atoms with E-state index in [9.17, 15) is 28.1 Å². The van der Waals surface area contributed by atoms with Crippen molar-refractivity contribution in [1.82, 2.24) is 9.21 Å². The SMILES string of the molecule is CCOC(=O)c1cc(S(=O)(=O)N2C[C@@H](c3ccc(C#N)cc3)[C@]3(C2)C(=O)N(c2cc(Cl)cc(Cl)c2)C(=O)N3C)oc1C. The first-order chi connectivity index (χ1) is 19.8. The summed E-state index contributed by atoms with van der Waals surface area (Å²) in [7, 11) is -2.98. The van der Waals surface area contributed by atoms with E-state index in [0.717, 1.165) is 15.3 Å². The van der Waals surface area contributed by atoms with Crippen LogP contribution < -0.4 is 4.90 Å². The molecule has 11 nitrogen and oxygen atoms in total. The number of carbonyl (C=O) groups excluding carboxylic acids is 3. The van der Waals surface area contributed by atoms with Crippen LogP contribution >= 0.6 is 23.2 Å². The van der Waals surface area contributed by atoms with Crippen LogP contribution in [-0.4, -0.2) is 67.8 Å². The Hall–Kier alpha value is -3.89. The smallest absolute Gasteiger partial charge is 0.341 e. The van der Waals surface area contributed by atoms with E-state index in [2.05, 4.69) is 0 Å². The molecule has 2 atom stereocenters. The Morgan fingerprint density at radius 2 is 1.79 bits per heavy atom. The lowest BCUT2D eigenvalue weighted by Crippen LogP contribution is -2.54. The van der Waals surface area contributed by atoms with E-state index in [1.807, 2.05) is 6.07 Å². The van der Waals surface area contributed by atoms with E-state index in [0.29, 0.717) is 11.1 Å². The van der Waals surface area contributed by atoms with Gasteiger partial charge in [0.05, 0.1) is 23.9 Å². The zero-order valence-electron chi connectivity index (χ0n) is 22.6. The predicted molar refractivity (Wildman–Crippen MR) is 152 cm³/mol. The summed E-state index contributed by atoms with van der Waals surface area (Å²) in [4.78, 5) is 42.5. The highest BCUT2D eigenvalue weighted by Crippen LogP contribution is 2.48. The van der Waals surface area contributed by atoms with Crippen molar-refractivity contribution in [3.05, 3.63) is 81.0 Å². The lowest BCUT2D eigenvalue weighted by atomic mass is 9.80. The molecule has 2 fully saturated rings. The molecule has 0 bridgehead atoms. The number of carbonyl (C=O) groups is 3. The number of amides is 3. The molecule has 0 N–H and O–H groups in total. The Morgan fingerprint density at radius 3 is 2.38 bits per heavy atom. The van der Waals surface area contributed by atoms with Crippen molar-refractivity contribution in [2.45, 2.75) is 30.4 Å². The van der Waals surface area contributed by atoms with Crippen LogP contribution in [0.3, 0.4) is 0 Å². The first-order valence-electron chi connectivity index (χ1n) is 12.7. The molecule has 42 heavy (non-hydrogen) atoms. The molecule has 2 aliphatic rings. The van der Waals surface area contributed by atoms with Gasteiger partial charge >= 0.3 is 12.0 Å². The summed E-state index contributed by atoms with van der Waals surface area (Å²) in [6, 6.07) is 13.1. The van der Waals surface area contributed by atoms with E-state index >= 15 is 0 Å². The number of nitrogens with zero attached hydrogens (tertiary/aromatic N) is 4. The summed E-state index contributed by atoms with van der Waals surface area (Å²) in [6.07, 6.45) is 0. The molecule has 2 saturated heterocycles. The van der Waals surface area contributed by atoms with Crippen molar-refractivity contribution in [2.75, 3.05) is 31.6 Å². The number of hydrogen-bond acceptors (Lipinski definition) is 8. The first kappa shape index (κ1) is 29.6. The lowest BCUT2D eigenvalue weighted by Gasteiger charge is -2.33. The number of anilines is 1. The number of hydrogen-bond donors (Lipinski definition) is 0. The Morgan fingerprint density at radius 1 is 1.14 bits per heavy atom. The number of esters is 1. The first-order valence-corrected chi connectivity index (χ1v) is 14.9. The second-order valence-electron chi connectivity index (χ2n) is 9.87. The average molecular weight is 631 g/mol. The van der Waals surface area contributed by atoms with Gasteiger partial charge < -0.3 is 14.1 Å². The molecule has 2 aliphatic heterocycles. The van der Waals surface area contributed by atoms with Gasteiger partial charge in [0.15, 0.2) is 0 Å². The Kier molecular flexibility index (Phi) is 7.57. The number of nitriles is 1. The van der Waals surface area contributed by atoms with Gasteiger partial charge in [-0.05, 0) is 49.7 Å².